The van der Waals surface area contributed by atoms with E-state index in [-0.39, 0.29) is 5.82 Å². The van der Waals surface area contributed by atoms with Gasteiger partial charge in [-0.3, -0.25) is 0 Å². The van der Waals surface area contributed by atoms with E-state index in [1.807, 2.05) is 0 Å². The quantitative estimate of drug-likeness (QED) is 0.701. The molecule has 1 aromatic rings. The average Bonchev–Trinajstić information content (AvgIpc) is 2.40. The monoisotopic (exact) mass is 265 g/mol. The second kappa shape index (κ2) is 6.93. The van der Waals surface area contributed by atoms with Crippen LogP contribution < -0.4 is 5.73 Å². The highest BCUT2D eigenvalue weighted by atomic mass is 19.1. The normalized spacial score (nSPS) is 16.4. The Hall–Kier alpha value is -1.05. The van der Waals surface area contributed by atoms with Gasteiger partial charge in [0.25, 0.3) is 0 Å². The van der Waals surface area contributed by atoms with Gasteiger partial charge in [0, 0.05) is 5.69 Å². The van der Waals surface area contributed by atoms with Gasteiger partial charge in [-0.15, -0.1) is 0 Å². The van der Waals surface area contributed by atoms with Crippen molar-refractivity contribution in [2.75, 3.05) is 5.73 Å². The van der Waals surface area contributed by atoms with Gasteiger partial charge in [0.15, 0.2) is 0 Å². The van der Waals surface area contributed by atoms with E-state index < -0.39 is 0 Å². The van der Waals surface area contributed by atoms with Gasteiger partial charge in [-0.05, 0) is 47.4 Å². The third-order valence-electron chi connectivity index (χ3n) is 4.72. The van der Waals surface area contributed by atoms with Crippen LogP contribution in [0.1, 0.15) is 58.9 Å². The molecule has 0 aliphatic heterocycles. The number of rotatable bonds is 6. The molecular weight excluding hydrogens is 237 g/mol. The summed E-state index contributed by atoms with van der Waals surface area (Å²) in [5.41, 5.74) is 7.72. The summed E-state index contributed by atoms with van der Waals surface area (Å²) in [5.74, 6) is 1.88. The minimum atomic E-state index is -0.192. The van der Waals surface area contributed by atoms with E-state index in [0.717, 1.165) is 18.4 Å². The molecule has 1 unspecified atom stereocenters. The molecule has 2 heteroatoms. The third kappa shape index (κ3) is 3.71. The Morgan fingerprint density at radius 3 is 2.05 bits per heavy atom. The van der Waals surface area contributed by atoms with E-state index in [1.54, 1.807) is 12.1 Å². The molecule has 0 bridgehead atoms. The van der Waals surface area contributed by atoms with Gasteiger partial charge < -0.3 is 5.73 Å². The first-order valence-corrected chi connectivity index (χ1v) is 7.47. The van der Waals surface area contributed by atoms with Crippen LogP contribution >= 0.6 is 0 Å². The maximum Gasteiger partial charge on any atom is 0.123 e. The second-order valence-electron chi connectivity index (χ2n) is 5.91. The molecule has 0 aromatic heterocycles. The van der Waals surface area contributed by atoms with Crippen molar-refractivity contribution in [1.82, 2.24) is 0 Å². The first kappa shape index (κ1) is 16.0. The Balaban J connectivity index is 3.11. The van der Waals surface area contributed by atoms with Crippen molar-refractivity contribution in [3.63, 3.8) is 0 Å². The molecule has 0 fully saturated rings. The lowest BCUT2D eigenvalue weighted by Crippen LogP contribution is -2.25. The van der Waals surface area contributed by atoms with E-state index in [1.165, 1.54) is 6.07 Å². The second-order valence-corrected chi connectivity index (χ2v) is 5.91. The van der Waals surface area contributed by atoms with Crippen molar-refractivity contribution < 1.29 is 4.39 Å². The first-order chi connectivity index (χ1) is 8.92. The maximum atomic E-state index is 13.5. The topological polar surface area (TPSA) is 26.0 Å². The predicted octanol–water partition coefficient (Wildman–Crippen LogP) is 5.22. The Morgan fingerprint density at radius 1 is 1.05 bits per heavy atom. The Bertz CT molecular complexity index is 392. The van der Waals surface area contributed by atoms with Gasteiger partial charge in [-0.1, -0.05) is 47.5 Å². The number of nitrogen functional groups attached to an aromatic ring is 1. The molecule has 0 aliphatic rings. The first-order valence-electron chi connectivity index (χ1n) is 7.47. The number of halogens is 1. The molecule has 0 amide bonds. The van der Waals surface area contributed by atoms with Crippen molar-refractivity contribution in [1.29, 1.82) is 0 Å². The molecule has 0 aliphatic carbocycles. The van der Waals surface area contributed by atoms with Crippen LogP contribution in [0.3, 0.4) is 0 Å². The fraction of sp³-hybridized carbons (Fsp3) is 0.647. The van der Waals surface area contributed by atoms with E-state index in [2.05, 4.69) is 34.6 Å². The van der Waals surface area contributed by atoms with Crippen molar-refractivity contribution in [3.8, 4) is 0 Å². The lowest BCUT2D eigenvalue weighted by atomic mass is 9.71. The van der Waals surface area contributed by atoms with Gasteiger partial charge in [0.2, 0.25) is 0 Å². The smallest absolute Gasteiger partial charge is 0.123 e. The summed E-state index contributed by atoms with van der Waals surface area (Å²) in [4.78, 5) is 0. The highest BCUT2D eigenvalue weighted by molar-refractivity contribution is 5.48. The number of hydrogen-bond acceptors (Lipinski definition) is 1. The number of hydrogen-bond donors (Lipinski definition) is 1. The van der Waals surface area contributed by atoms with Crippen LogP contribution in [0.5, 0.6) is 0 Å². The average molecular weight is 265 g/mol. The van der Waals surface area contributed by atoms with E-state index in [0.29, 0.717) is 29.4 Å². The SMILES string of the molecule is CC[C@H](C)C(C(C)c1cc(F)ccc1N)[C@@H](C)CC. The standard InChI is InChI=1S/C17H28FN/c1-6-11(3)17(12(4)7-2)13(5)15-10-14(18)8-9-16(15)19/h8-13,17H,6-7,19H2,1-5H3/t11-,12-,13?/m0/s1. The summed E-state index contributed by atoms with van der Waals surface area (Å²) in [6, 6.07) is 4.73. The van der Waals surface area contributed by atoms with E-state index >= 15 is 0 Å². The highest BCUT2D eigenvalue weighted by Crippen LogP contribution is 2.40. The van der Waals surface area contributed by atoms with Gasteiger partial charge in [0.05, 0.1) is 0 Å². The van der Waals surface area contributed by atoms with Crippen LogP contribution in [0.15, 0.2) is 18.2 Å². The predicted molar refractivity (Wildman–Crippen MR) is 81.6 cm³/mol. The molecular formula is C17H28FN. The molecule has 0 spiro atoms. The van der Waals surface area contributed by atoms with Gasteiger partial charge in [-0.25, -0.2) is 4.39 Å². The Labute approximate surface area is 117 Å². The van der Waals surface area contributed by atoms with Crippen molar-refractivity contribution in [2.45, 2.75) is 53.4 Å². The zero-order valence-electron chi connectivity index (χ0n) is 12.9. The lowest BCUT2D eigenvalue weighted by Gasteiger charge is -2.34. The molecule has 1 aromatic carbocycles. The zero-order valence-corrected chi connectivity index (χ0v) is 12.9. The summed E-state index contributed by atoms with van der Waals surface area (Å²) >= 11 is 0. The molecule has 2 N–H and O–H groups in total. The zero-order chi connectivity index (χ0) is 14.6. The molecule has 108 valence electrons. The summed E-state index contributed by atoms with van der Waals surface area (Å²) in [6.07, 6.45) is 2.29. The van der Waals surface area contributed by atoms with E-state index in [9.17, 15) is 4.39 Å². The number of benzene rings is 1. The van der Waals surface area contributed by atoms with Crippen LogP contribution in [0.4, 0.5) is 10.1 Å². The maximum absolute atomic E-state index is 13.5. The molecule has 3 atom stereocenters. The molecule has 0 saturated carbocycles. The Kier molecular flexibility index (Phi) is 5.84. The summed E-state index contributed by atoms with van der Waals surface area (Å²) in [5, 5.41) is 0. The molecule has 19 heavy (non-hydrogen) atoms. The van der Waals surface area contributed by atoms with Gasteiger partial charge >= 0.3 is 0 Å². The van der Waals surface area contributed by atoms with E-state index in [4.69, 9.17) is 5.73 Å². The molecule has 1 rings (SSSR count). The lowest BCUT2D eigenvalue weighted by molar-refractivity contribution is 0.208. The number of anilines is 1. The molecule has 0 radical (unpaired) electrons. The van der Waals surface area contributed by atoms with Crippen molar-refractivity contribution in [2.24, 2.45) is 17.8 Å². The minimum Gasteiger partial charge on any atom is -0.398 e. The fourth-order valence-electron chi connectivity index (χ4n) is 3.24. The van der Waals surface area contributed by atoms with Crippen LogP contribution in [0, 0.1) is 23.6 Å². The van der Waals surface area contributed by atoms with Gasteiger partial charge in [0.1, 0.15) is 5.82 Å². The molecule has 1 nitrogen and oxygen atoms in total. The van der Waals surface area contributed by atoms with Crippen LogP contribution in [-0.4, -0.2) is 0 Å². The van der Waals surface area contributed by atoms with Crippen molar-refractivity contribution in [3.05, 3.63) is 29.6 Å². The highest BCUT2D eigenvalue weighted by Gasteiger charge is 2.29. The Morgan fingerprint density at radius 2 is 1.58 bits per heavy atom. The van der Waals surface area contributed by atoms with Crippen LogP contribution in [-0.2, 0) is 0 Å². The van der Waals surface area contributed by atoms with Crippen LogP contribution in [0.25, 0.3) is 0 Å². The largest absolute Gasteiger partial charge is 0.398 e. The minimum absolute atomic E-state index is 0.192. The summed E-state index contributed by atoms with van der Waals surface area (Å²) in [7, 11) is 0. The van der Waals surface area contributed by atoms with Crippen molar-refractivity contribution >= 4 is 5.69 Å². The van der Waals surface area contributed by atoms with Crippen LogP contribution in [0.2, 0.25) is 0 Å². The third-order valence-corrected chi connectivity index (χ3v) is 4.72. The summed E-state index contributed by atoms with van der Waals surface area (Å²) in [6.45, 7) is 11.2. The molecule has 0 heterocycles. The fourth-order valence-corrected chi connectivity index (χ4v) is 3.24. The number of nitrogens with two attached hydrogens (primary N) is 1. The summed E-state index contributed by atoms with van der Waals surface area (Å²) < 4.78 is 13.5. The molecule has 0 saturated heterocycles. The van der Waals surface area contributed by atoms with Gasteiger partial charge in [-0.2, -0.15) is 0 Å².